The molecule has 0 saturated carbocycles. The van der Waals surface area contributed by atoms with Gasteiger partial charge in [0.15, 0.2) is 0 Å². The summed E-state index contributed by atoms with van der Waals surface area (Å²) < 4.78 is 2.73. The number of benzene rings is 1. The monoisotopic (exact) mass is 425 g/mol. The van der Waals surface area contributed by atoms with Crippen LogP contribution in [0.5, 0.6) is 0 Å². The Morgan fingerprint density at radius 3 is 2.86 bits per heavy atom. The maximum atomic E-state index is 12.8. The van der Waals surface area contributed by atoms with E-state index >= 15 is 0 Å². The van der Waals surface area contributed by atoms with Gasteiger partial charge in [0.1, 0.15) is 4.32 Å². The predicted molar refractivity (Wildman–Crippen MR) is 121 cm³/mol. The molecule has 2 atom stereocenters. The third-order valence-corrected chi connectivity index (χ3v) is 7.75. The number of para-hydroxylation sites is 1. The van der Waals surface area contributed by atoms with Gasteiger partial charge >= 0.3 is 0 Å². The molecule has 4 heterocycles. The van der Waals surface area contributed by atoms with Crippen molar-refractivity contribution >= 4 is 39.9 Å². The maximum absolute atomic E-state index is 12.8. The molecule has 1 saturated heterocycles. The Labute approximate surface area is 179 Å². The number of nitrogens with zero attached hydrogens (tertiary/aromatic N) is 3. The SMILES string of the molecule is O=C(CSC(=S)N1C[C@@H]2C[C@H](C1)c1cccc(=O)n1C2)N1CCc2ccccc21. The number of rotatable bonds is 2. The molecule has 5 nitrogen and oxygen atoms in total. The summed E-state index contributed by atoms with van der Waals surface area (Å²) in [5, 5.41) is 0. The third-order valence-electron chi connectivity index (χ3n) is 6.25. The molecular formula is C22H23N3O2S2. The first-order valence-electron chi connectivity index (χ1n) is 10.1. The van der Waals surface area contributed by atoms with Crippen LogP contribution in [-0.4, -0.2) is 45.1 Å². The number of pyridine rings is 1. The number of thiocarbonyl (C=S) groups is 1. The largest absolute Gasteiger partial charge is 0.356 e. The molecule has 0 N–H and O–H groups in total. The van der Waals surface area contributed by atoms with Crippen LogP contribution in [0.1, 0.15) is 23.6 Å². The Balaban J connectivity index is 1.23. The molecule has 2 aromatic rings. The minimum atomic E-state index is 0.0964. The van der Waals surface area contributed by atoms with E-state index in [4.69, 9.17) is 12.2 Å². The average molecular weight is 426 g/mol. The fraction of sp³-hybridized carbons (Fsp3) is 0.409. The number of amides is 1. The van der Waals surface area contributed by atoms with Crippen molar-refractivity contribution in [2.45, 2.75) is 25.3 Å². The molecule has 0 unspecified atom stereocenters. The van der Waals surface area contributed by atoms with Gasteiger partial charge in [0.05, 0.1) is 5.75 Å². The third kappa shape index (κ3) is 3.51. The Hall–Kier alpha value is -2.12. The molecule has 0 radical (unpaired) electrons. The molecule has 150 valence electrons. The van der Waals surface area contributed by atoms with E-state index in [0.29, 0.717) is 17.6 Å². The van der Waals surface area contributed by atoms with Gasteiger partial charge in [-0.3, -0.25) is 9.59 Å². The van der Waals surface area contributed by atoms with E-state index < -0.39 is 0 Å². The Morgan fingerprint density at radius 2 is 1.97 bits per heavy atom. The van der Waals surface area contributed by atoms with Crippen LogP contribution in [0.15, 0.2) is 47.3 Å². The lowest BCUT2D eigenvalue weighted by Crippen LogP contribution is -2.48. The van der Waals surface area contributed by atoms with Crippen LogP contribution < -0.4 is 10.5 Å². The van der Waals surface area contributed by atoms with Gasteiger partial charge in [0, 0.05) is 49.5 Å². The Morgan fingerprint density at radius 1 is 1.10 bits per heavy atom. The van der Waals surface area contributed by atoms with Gasteiger partial charge in [-0.15, -0.1) is 0 Å². The molecule has 2 bridgehead atoms. The highest BCUT2D eigenvalue weighted by atomic mass is 32.2. The molecule has 1 aromatic heterocycles. The lowest BCUT2D eigenvalue weighted by Gasteiger charge is -2.43. The molecule has 1 aromatic carbocycles. The van der Waals surface area contributed by atoms with Crippen LogP contribution in [-0.2, 0) is 17.8 Å². The van der Waals surface area contributed by atoms with Crippen molar-refractivity contribution in [2.24, 2.45) is 5.92 Å². The van der Waals surface area contributed by atoms with E-state index in [1.165, 1.54) is 17.3 Å². The van der Waals surface area contributed by atoms with Gasteiger partial charge in [0.2, 0.25) is 5.91 Å². The lowest BCUT2D eigenvalue weighted by atomic mass is 9.83. The number of carbonyl (C=O) groups is 1. The minimum Gasteiger partial charge on any atom is -0.356 e. The first-order chi connectivity index (χ1) is 14.1. The van der Waals surface area contributed by atoms with Gasteiger partial charge in [-0.1, -0.05) is 48.2 Å². The van der Waals surface area contributed by atoms with E-state index in [9.17, 15) is 9.59 Å². The number of hydrogen-bond donors (Lipinski definition) is 0. The summed E-state index contributed by atoms with van der Waals surface area (Å²) in [6.07, 6.45) is 2.03. The van der Waals surface area contributed by atoms with E-state index in [1.807, 2.05) is 33.7 Å². The van der Waals surface area contributed by atoms with Crippen molar-refractivity contribution < 1.29 is 4.79 Å². The zero-order valence-electron chi connectivity index (χ0n) is 16.1. The number of piperidine rings is 1. The summed E-state index contributed by atoms with van der Waals surface area (Å²) >= 11 is 7.17. The summed E-state index contributed by atoms with van der Waals surface area (Å²) in [7, 11) is 0. The fourth-order valence-corrected chi connectivity index (χ4v) is 6.00. The van der Waals surface area contributed by atoms with Crippen molar-refractivity contribution in [1.29, 1.82) is 0 Å². The second-order valence-electron chi connectivity index (χ2n) is 8.08. The highest BCUT2D eigenvalue weighted by molar-refractivity contribution is 8.23. The van der Waals surface area contributed by atoms with Crippen molar-refractivity contribution in [1.82, 2.24) is 9.47 Å². The molecule has 5 rings (SSSR count). The van der Waals surface area contributed by atoms with Gasteiger partial charge < -0.3 is 14.4 Å². The number of likely N-dealkylation sites (tertiary alicyclic amines) is 1. The smallest absolute Gasteiger partial charge is 0.250 e. The van der Waals surface area contributed by atoms with Crippen molar-refractivity contribution in [3.05, 3.63) is 64.1 Å². The molecule has 1 fully saturated rings. The molecule has 29 heavy (non-hydrogen) atoms. The quantitative estimate of drug-likeness (QED) is 0.693. The molecule has 3 aliphatic heterocycles. The van der Waals surface area contributed by atoms with Gasteiger partial charge in [-0.2, -0.15) is 0 Å². The second-order valence-corrected chi connectivity index (χ2v) is 9.69. The minimum absolute atomic E-state index is 0.0964. The fourth-order valence-electron chi connectivity index (χ4n) is 4.94. The highest BCUT2D eigenvalue weighted by Crippen LogP contribution is 2.36. The number of hydrogen-bond acceptors (Lipinski definition) is 4. The summed E-state index contributed by atoms with van der Waals surface area (Å²) in [5.41, 5.74) is 3.50. The van der Waals surface area contributed by atoms with Gasteiger partial charge in [-0.25, -0.2) is 0 Å². The van der Waals surface area contributed by atoms with E-state index in [2.05, 4.69) is 17.0 Å². The average Bonchev–Trinajstić information content (AvgIpc) is 3.17. The predicted octanol–water partition coefficient (Wildman–Crippen LogP) is 2.87. The van der Waals surface area contributed by atoms with Crippen molar-refractivity contribution in [3.63, 3.8) is 0 Å². The van der Waals surface area contributed by atoms with Crippen LogP contribution >= 0.6 is 24.0 Å². The summed E-state index contributed by atoms with van der Waals surface area (Å²) in [6.45, 7) is 3.21. The second kappa shape index (κ2) is 7.61. The van der Waals surface area contributed by atoms with Gasteiger partial charge in [0.25, 0.3) is 5.56 Å². The van der Waals surface area contributed by atoms with Crippen molar-refractivity contribution in [3.8, 4) is 0 Å². The van der Waals surface area contributed by atoms with E-state index in [1.54, 1.807) is 6.07 Å². The lowest BCUT2D eigenvalue weighted by molar-refractivity contribution is -0.116. The van der Waals surface area contributed by atoms with Gasteiger partial charge in [-0.05, 0) is 36.5 Å². The summed E-state index contributed by atoms with van der Waals surface area (Å²) in [4.78, 5) is 29.1. The number of carbonyl (C=O) groups excluding carboxylic acids is 1. The molecule has 0 aliphatic carbocycles. The summed E-state index contributed by atoms with van der Waals surface area (Å²) in [5.74, 6) is 1.25. The van der Waals surface area contributed by atoms with Crippen LogP contribution in [0, 0.1) is 5.92 Å². The highest BCUT2D eigenvalue weighted by Gasteiger charge is 2.35. The van der Waals surface area contributed by atoms with E-state index in [0.717, 1.165) is 54.7 Å². The Kier molecular flexibility index (Phi) is 4.95. The topological polar surface area (TPSA) is 45.6 Å². The van der Waals surface area contributed by atoms with E-state index in [-0.39, 0.29) is 11.5 Å². The molecular weight excluding hydrogens is 402 g/mol. The number of anilines is 1. The molecule has 1 amide bonds. The van der Waals surface area contributed by atoms with Crippen LogP contribution in [0.3, 0.4) is 0 Å². The zero-order valence-corrected chi connectivity index (χ0v) is 17.8. The first-order valence-corrected chi connectivity index (χ1v) is 11.5. The maximum Gasteiger partial charge on any atom is 0.250 e. The van der Waals surface area contributed by atoms with Crippen LogP contribution in [0.25, 0.3) is 0 Å². The molecule has 7 heteroatoms. The number of aromatic nitrogens is 1. The molecule has 0 spiro atoms. The first kappa shape index (κ1) is 18.9. The molecule has 3 aliphatic rings. The standard InChI is InChI=1S/C22H23N3O2S2/c26-20-7-3-6-19-17-10-15(12-25(19)20)11-23(13-17)22(28)29-14-21(27)24-9-8-16-4-1-2-5-18(16)24/h1-7,15,17H,8-14H2/t15-,17+/m0/s1. The Bertz CT molecular complexity index is 1030. The van der Waals surface area contributed by atoms with Crippen LogP contribution in [0.4, 0.5) is 5.69 Å². The zero-order chi connectivity index (χ0) is 20.0. The van der Waals surface area contributed by atoms with Crippen molar-refractivity contribution in [2.75, 3.05) is 30.3 Å². The normalized spacial score (nSPS) is 22.2. The number of fused-ring (bicyclic) bond motifs is 5. The number of thioether (sulfide) groups is 1. The summed E-state index contributed by atoms with van der Waals surface area (Å²) in [6, 6.07) is 13.7. The van der Waals surface area contributed by atoms with Crippen LogP contribution in [0.2, 0.25) is 0 Å².